The van der Waals surface area contributed by atoms with Gasteiger partial charge in [0.25, 0.3) is 0 Å². The van der Waals surface area contributed by atoms with Crippen molar-refractivity contribution < 1.29 is 34.0 Å². The average Bonchev–Trinajstić information content (AvgIpc) is 2.39. The third kappa shape index (κ3) is 5.77. The number of carboxylic acid groups (broad SMARTS) is 2. The SMILES string of the molecule is O=C(O)CCC(COOCc1ccccc1F)C(=O)O. The third-order valence-corrected chi connectivity index (χ3v) is 2.58. The molecule has 1 aromatic rings. The molecule has 2 N–H and O–H groups in total. The summed E-state index contributed by atoms with van der Waals surface area (Å²) in [7, 11) is 0. The van der Waals surface area contributed by atoms with Gasteiger partial charge >= 0.3 is 11.9 Å². The molecule has 0 amide bonds. The predicted molar refractivity (Wildman–Crippen MR) is 65.1 cm³/mol. The van der Waals surface area contributed by atoms with E-state index in [9.17, 15) is 14.0 Å². The molecule has 110 valence electrons. The summed E-state index contributed by atoms with van der Waals surface area (Å²) < 4.78 is 13.2. The Kier molecular flexibility index (Phi) is 6.61. The number of hydrogen-bond acceptors (Lipinski definition) is 4. The lowest BCUT2D eigenvalue weighted by Gasteiger charge is -2.11. The Morgan fingerprint density at radius 2 is 1.90 bits per heavy atom. The Morgan fingerprint density at radius 3 is 2.50 bits per heavy atom. The second kappa shape index (κ2) is 8.23. The van der Waals surface area contributed by atoms with Gasteiger partial charge in [0.15, 0.2) is 0 Å². The summed E-state index contributed by atoms with van der Waals surface area (Å²) in [6.07, 6.45) is -0.332. The number of benzene rings is 1. The fraction of sp³-hybridized carbons (Fsp3) is 0.385. The molecular weight excluding hydrogens is 271 g/mol. The molecule has 0 heterocycles. The summed E-state index contributed by atoms with van der Waals surface area (Å²) in [5.74, 6) is -3.67. The van der Waals surface area contributed by atoms with E-state index in [0.717, 1.165) is 0 Å². The molecule has 1 unspecified atom stereocenters. The quantitative estimate of drug-likeness (QED) is 0.409. The first-order valence-corrected chi connectivity index (χ1v) is 5.93. The van der Waals surface area contributed by atoms with Gasteiger partial charge in [-0.05, 0) is 12.5 Å². The van der Waals surface area contributed by atoms with E-state index in [4.69, 9.17) is 20.0 Å². The molecule has 1 atom stereocenters. The second-order valence-electron chi connectivity index (χ2n) is 4.11. The van der Waals surface area contributed by atoms with Crippen LogP contribution in [0.2, 0.25) is 0 Å². The lowest BCUT2D eigenvalue weighted by Crippen LogP contribution is -2.21. The topological polar surface area (TPSA) is 93.1 Å². The normalized spacial score (nSPS) is 12.1. The van der Waals surface area contributed by atoms with Gasteiger partial charge in [0, 0.05) is 12.0 Å². The van der Waals surface area contributed by atoms with Crippen molar-refractivity contribution in [1.82, 2.24) is 0 Å². The molecule has 0 aliphatic carbocycles. The first-order chi connectivity index (χ1) is 9.50. The first kappa shape index (κ1) is 16.1. The van der Waals surface area contributed by atoms with Crippen molar-refractivity contribution >= 4 is 11.9 Å². The van der Waals surface area contributed by atoms with Crippen molar-refractivity contribution in [3.63, 3.8) is 0 Å². The maximum absolute atomic E-state index is 13.2. The number of halogens is 1. The van der Waals surface area contributed by atoms with Gasteiger partial charge < -0.3 is 10.2 Å². The zero-order valence-corrected chi connectivity index (χ0v) is 10.6. The minimum absolute atomic E-state index is 0.0618. The molecule has 0 radical (unpaired) electrons. The van der Waals surface area contributed by atoms with E-state index >= 15 is 0 Å². The van der Waals surface area contributed by atoms with Gasteiger partial charge in [-0.3, -0.25) is 9.59 Å². The number of carbonyl (C=O) groups is 2. The van der Waals surface area contributed by atoms with Crippen LogP contribution in [-0.4, -0.2) is 28.8 Å². The standard InChI is InChI=1S/C13H15FO6/c14-11-4-2-1-3-9(11)7-19-20-8-10(13(17)18)5-6-12(15)16/h1-4,10H,5-8H2,(H,15,16)(H,17,18). The second-order valence-corrected chi connectivity index (χ2v) is 4.11. The predicted octanol–water partition coefficient (Wildman–Crippen LogP) is 1.84. The average molecular weight is 286 g/mol. The Balaban J connectivity index is 2.32. The van der Waals surface area contributed by atoms with Crippen LogP contribution >= 0.6 is 0 Å². The van der Waals surface area contributed by atoms with Crippen LogP contribution in [0.5, 0.6) is 0 Å². The summed E-state index contributed by atoms with van der Waals surface area (Å²) in [4.78, 5) is 30.7. The Morgan fingerprint density at radius 1 is 1.20 bits per heavy atom. The molecular formula is C13H15FO6. The maximum Gasteiger partial charge on any atom is 0.308 e. The van der Waals surface area contributed by atoms with Crippen molar-refractivity contribution in [3.05, 3.63) is 35.6 Å². The van der Waals surface area contributed by atoms with E-state index in [1.807, 2.05) is 0 Å². The molecule has 0 saturated heterocycles. The molecule has 6 nitrogen and oxygen atoms in total. The molecule has 1 aromatic carbocycles. The summed E-state index contributed by atoms with van der Waals surface area (Å²) in [6, 6.07) is 5.95. The summed E-state index contributed by atoms with van der Waals surface area (Å²) in [5, 5.41) is 17.3. The highest BCUT2D eigenvalue weighted by molar-refractivity contribution is 5.72. The van der Waals surface area contributed by atoms with Gasteiger partial charge in [-0.1, -0.05) is 18.2 Å². The van der Waals surface area contributed by atoms with Crippen molar-refractivity contribution in [3.8, 4) is 0 Å². The molecule has 0 aliphatic heterocycles. The fourth-order valence-electron chi connectivity index (χ4n) is 1.43. The van der Waals surface area contributed by atoms with Crippen molar-refractivity contribution in [2.75, 3.05) is 6.61 Å². The van der Waals surface area contributed by atoms with E-state index in [0.29, 0.717) is 0 Å². The molecule has 0 aromatic heterocycles. The van der Waals surface area contributed by atoms with Crippen LogP contribution in [0.1, 0.15) is 18.4 Å². The Bertz CT molecular complexity index is 462. The van der Waals surface area contributed by atoms with Gasteiger partial charge in [-0.2, -0.15) is 0 Å². The lowest BCUT2D eigenvalue weighted by molar-refractivity contribution is -0.310. The molecule has 0 fully saturated rings. The lowest BCUT2D eigenvalue weighted by atomic mass is 10.1. The van der Waals surface area contributed by atoms with Crippen LogP contribution in [0.15, 0.2) is 24.3 Å². The van der Waals surface area contributed by atoms with E-state index in [-0.39, 0.29) is 31.6 Å². The van der Waals surface area contributed by atoms with E-state index < -0.39 is 23.7 Å². The van der Waals surface area contributed by atoms with Crippen molar-refractivity contribution in [2.24, 2.45) is 5.92 Å². The summed E-state index contributed by atoms with van der Waals surface area (Å²) in [6.45, 7) is -0.449. The Hall–Kier alpha value is -1.99. The minimum Gasteiger partial charge on any atom is -0.481 e. The monoisotopic (exact) mass is 286 g/mol. The summed E-state index contributed by atoms with van der Waals surface area (Å²) >= 11 is 0. The third-order valence-electron chi connectivity index (χ3n) is 2.58. The highest BCUT2D eigenvalue weighted by Gasteiger charge is 2.19. The Labute approximate surface area is 114 Å². The van der Waals surface area contributed by atoms with E-state index in [1.165, 1.54) is 18.2 Å². The highest BCUT2D eigenvalue weighted by Crippen LogP contribution is 2.11. The van der Waals surface area contributed by atoms with Crippen molar-refractivity contribution in [1.29, 1.82) is 0 Å². The molecule has 20 heavy (non-hydrogen) atoms. The molecule has 0 saturated carbocycles. The van der Waals surface area contributed by atoms with Gasteiger partial charge in [0.05, 0.1) is 12.5 Å². The van der Waals surface area contributed by atoms with Crippen LogP contribution in [0, 0.1) is 11.7 Å². The molecule has 7 heteroatoms. The van der Waals surface area contributed by atoms with Crippen LogP contribution in [0.4, 0.5) is 4.39 Å². The number of rotatable bonds is 9. The maximum atomic E-state index is 13.2. The van der Waals surface area contributed by atoms with E-state index in [1.54, 1.807) is 6.07 Å². The van der Waals surface area contributed by atoms with Gasteiger partial charge in [-0.15, -0.1) is 0 Å². The summed E-state index contributed by atoms with van der Waals surface area (Å²) in [5.41, 5.74) is 0.282. The van der Waals surface area contributed by atoms with Crippen LogP contribution in [-0.2, 0) is 26.0 Å². The largest absolute Gasteiger partial charge is 0.481 e. The van der Waals surface area contributed by atoms with Crippen molar-refractivity contribution in [2.45, 2.75) is 19.4 Å². The zero-order chi connectivity index (χ0) is 15.0. The number of hydrogen-bond donors (Lipinski definition) is 2. The zero-order valence-electron chi connectivity index (χ0n) is 10.6. The van der Waals surface area contributed by atoms with Gasteiger partial charge in [0.2, 0.25) is 0 Å². The van der Waals surface area contributed by atoms with Crippen LogP contribution < -0.4 is 0 Å². The fourth-order valence-corrected chi connectivity index (χ4v) is 1.43. The molecule has 1 rings (SSSR count). The van der Waals surface area contributed by atoms with Crippen LogP contribution in [0.25, 0.3) is 0 Å². The van der Waals surface area contributed by atoms with Crippen LogP contribution in [0.3, 0.4) is 0 Å². The smallest absolute Gasteiger partial charge is 0.308 e. The van der Waals surface area contributed by atoms with Gasteiger partial charge in [0.1, 0.15) is 12.4 Å². The minimum atomic E-state index is -1.17. The molecule has 0 bridgehead atoms. The first-order valence-electron chi connectivity index (χ1n) is 5.93. The number of carboxylic acids is 2. The molecule has 0 aliphatic rings. The van der Waals surface area contributed by atoms with E-state index in [2.05, 4.69) is 0 Å². The molecule has 0 spiro atoms. The highest BCUT2D eigenvalue weighted by atomic mass is 19.1. The number of aliphatic carboxylic acids is 2. The van der Waals surface area contributed by atoms with Gasteiger partial charge in [-0.25, -0.2) is 14.2 Å².